The van der Waals surface area contributed by atoms with Gasteiger partial charge in [0.15, 0.2) is 0 Å². The summed E-state index contributed by atoms with van der Waals surface area (Å²) in [6.07, 6.45) is -1.27. The van der Waals surface area contributed by atoms with E-state index in [1.807, 2.05) is 6.07 Å². The maximum absolute atomic E-state index is 13.5. The first-order valence-electron chi connectivity index (χ1n) is 8.00. The Kier molecular flexibility index (Phi) is 4.92. The van der Waals surface area contributed by atoms with Crippen LogP contribution in [0.15, 0.2) is 36.5 Å². The number of carbonyl (C=O) groups excluding carboxylic acids is 1. The van der Waals surface area contributed by atoms with Crippen molar-refractivity contribution in [2.24, 2.45) is 0 Å². The van der Waals surface area contributed by atoms with Crippen LogP contribution in [0.5, 0.6) is 0 Å². The lowest BCUT2D eigenvalue weighted by atomic mass is 10.1. The normalized spacial score (nSPS) is 14.9. The van der Waals surface area contributed by atoms with Gasteiger partial charge >= 0.3 is 0 Å². The van der Waals surface area contributed by atoms with Crippen LogP contribution in [0.1, 0.15) is 18.9 Å². The monoisotopic (exact) mass is 349 g/mol. The predicted octanol–water partition coefficient (Wildman–Crippen LogP) is 3.49. The van der Waals surface area contributed by atoms with Gasteiger partial charge in [-0.15, -0.1) is 0 Å². The maximum Gasteiger partial charge on any atom is 0.266 e. The summed E-state index contributed by atoms with van der Waals surface area (Å²) in [4.78, 5) is 19.5. The van der Waals surface area contributed by atoms with Gasteiger partial charge in [-0.25, -0.2) is 13.2 Å². The molecule has 0 unspecified atom stereocenters. The van der Waals surface area contributed by atoms with Crippen molar-refractivity contribution < 1.29 is 18.0 Å². The lowest BCUT2D eigenvalue weighted by molar-refractivity contribution is -0.129. The SMILES string of the molecule is CC(=O)N1CCN(c2ccnc(-c3ccc(F)c(C(F)F)c3)c2)CC1. The molecular formula is C18H18F3N3O. The number of anilines is 1. The zero-order valence-corrected chi connectivity index (χ0v) is 13.8. The van der Waals surface area contributed by atoms with Crippen LogP contribution in [0.3, 0.4) is 0 Å². The number of benzene rings is 1. The molecule has 1 aliphatic rings. The van der Waals surface area contributed by atoms with Crippen LogP contribution in [-0.4, -0.2) is 42.0 Å². The molecule has 0 N–H and O–H groups in total. The summed E-state index contributed by atoms with van der Waals surface area (Å²) in [5, 5.41) is 0. The number of aromatic nitrogens is 1. The number of amides is 1. The minimum absolute atomic E-state index is 0.0564. The minimum atomic E-state index is -2.87. The summed E-state index contributed by atoms with van der Waals surface area (Å²) in [6, 6.07) is 7.26. The van der Waals surface area contributed by atoms with Crippen molar-refractivity contribution in [3.8, 4) is 11.3 Å². The smallest absolute Gasteiger partial charge is 0.266 e. The number of halogens is 3. The van der Waals surface area contributed by atoms with Crippen molar-refractivity contribution in [1.29, 1.82) is 0 Å². The molecule has 2 heterocycles. The van der Waals surface area contributed by atoms with Crippen LogP contribution in [-0.2, 0) is 4.79 Å². The molecule has 0 radical (unpaired) electrons. The molecule has 0 saturated carbocycles. The van der Waals surface area contributed by atoms with Gasteiger partial charge in [-0.1, -0.05) is 0 Å². The number of hydrogen-bond acceptors (Lipinski definition) is 3. The van der Waals surface area contributed by atoms with Crippen LogP contribution in [0.25, 0.3) is 11.3 Å². The molecule has 4 nitrogen and oxygen atoms in total. The quantitative estimate of drug-likeness (QED) is 0.851. The Morgan fingerprint density at radius 3 is 2.48 bits per heavy atom. The second-order valence-corrected chi connectivity index (χ2v) is 5.93. The fraction of sp³-hybridized carbons (Fsp3) is 0.333. The first kappa shape index (κ1) is 17.3. The first-order chi connectivity index (χ1) is 12.0. The third kappa shape index (κ3) is 3.75. The highest BCUT2D eigenvalue weighted by molar-refractivity contribution is 5.73. The molecule has 0 spiro atoms. The van der Waals surface area contributed by atoms with E-state index in [1.165, 1.54) is 6.07 Å². The number of carbonyl (C=O) groups is 1. The maximum atomic E-state index is 13.5. The average Bonchev–Trinajstić information content (AvgIpc) is 2.62. The van der Waals surface area contributed by atoms with E-state index in [9.17, 15) is 18.0 Å². The average molecular weight is 349 g/mol. The molecule has 0 bridgehead atoms. The van der Waals surface area contributed by atoms with Gasteiger partial charge in [-0.2, -0.15) is 0 Å². The molecule has 1 amide bonds. The fourth-order valence-corrected chi connectivity index (χ4v) is 2.92. The molecule has 1 aromatic carbocycles. The topological polar surface area (TPSA) is 36.4 Å². The zero-order valence-electron chi connectivity index (χ0n) is 13.8. The van der Waals surface area contributed by atoms with Crippen LogP contribution in [0.4, 0.5) is 18.9 Å². The van der Waals surface area contributed by atoms with Gasteiger partial charge in [-0.3, -0.25) is 9.78 Å². The molecule has 1 fully saturated rings. The molecule has 0 atom stereocenters. The first-order valence-corrected chi connectivity index (χ1v) is 8.00. The summed E-state index contributed by atoms with van der Waals surface area (Å²) in [5.41, 5.74) is 1.23. The standard InChI is InChI=1S/C18H18F3N3O/c1-12(25)23-6-8-24(9-7-23)14-4-5-22-17(11-14)13-2-3-16(19)15(10-13)18(20)21/h2-5,10-11,18H,6-9H2,1H3. The highest BCUT2D eigenvalue weighted by Gasteiger charge is 2.20. The van der Waals surface area contributed by atoms with E-state index in [0.717, 1.165) is 17.8 Å². The molecule has 1 aromatic heterocycles. The Bertz CT molecular complexity index is 774. The molecule has 25 heavy (non-hydrogen) atoms. The van der Waals surface area contributed by atoms with E-state index in [0.29, 0.717) is 37.4 Å². The Morgan fingerprint density at radius 1 is 1.12 bits per heavy atom. The second kappa shape index (κ2) is 7.13. The van der Waals surface area contributed by atoms with Crippen molar-refractivity contribution >= 4 is 11.6 Å². The van der Waals surface area contributed by atoms with Gasteiger partial charge in [0.05, 0.1) is 11.3 Å². The number of rotatable bonds is 3. The number of hydrogen-bond donors (Lipinski definition) is 0. The zero-order chi connectivity index (χ0) is 18.0. The third-order valence-corrected chi connectivity index (χ3v) is 4.36. The lowest BCUT2D eigenvalue weighted by Crippen LogP contribution is -2.48. The largest absolute Gasteiger partial charge is 0.368 e. The molecule has 1 aliphatic heterocycles. The number of piperazine rings is 1. The van der Waals surface area contributed by atoms with Gasteiger partial charge in [-0.05, 0) is 30.3 Å². The van der Waals surface area contributed by atoms with Crippen LogP contribution < -0.4 is 4.90 Å². The fourth-order valence-electron chi connectivity index (χ4n) is 2.92. The van der Waals surface area contributed by atoms with E-state index in [-0.39, 0.29) is 5.91 Å². The van der Waals surface area contributed by atoms with Crippen LogP contribution in [0.2, 0.25) is 0 Å². The van der Waals surface area contributed by atoms with E-state index >= 15 is 0 Å². The van der Waals surface area contributed by atoms with Gasteiger partial charge in [0.25, 0.3) is 6.43 Å². The molecule has 3 rings (SSSR count). The third-order valence-electron chi connectivity index (χ3n) is 4.36. The molecule has 0 aliphatic carbocycles. The molecule has 132 valence electrons. The summed E-state index contributed by atoms with van der Waals surface area (Å²) in [6.45, 7) is 4.21. The summed E-state index contributed by atoms with van der Waals surface area (Å²) < 4.78 is 39.3. The highest BCUT2D eigenvalue weighted by Crippen LogP contribution is 2.29. The van der Waals surface area contributed by atoms with Gasteiger partial charge in [0, 0.05) is 50.6 Å². The van der Waals surface area contributed by atoms with Crippen molar-refractivity contribution in [2.45, 2.75) is 13.3 Å². The van der Waals surface area contributed by atoms with E-state index in [2.05, 4.69) is 9.88 Å². The lowest BCUT2D eigenvalue weighted by Gasteiger charge is -2.35. The highest BCUT2D eigenvalue weighted by atomic mass is 19.3. The van der Waals surface area contributed by atoms with E-state index < -0.39 is 17.8 Å². The Hall–Kier alpha value is -2.57. The Labute approximate surface area is 143 Å². The molecular weight excluding hydrogens is 331 g/mol. The summed E-state index contributed by atoms with van der Waals surface area (Å²) in [7, 11) is 0. The van der Waals surface area contributed by atoms with E-state index in [1.54, 1.807) is 24.1 Å². The van der Waals surface area contributed by atoms with Gasteiger partial charge in [0.1, 0.15) is 5.82 Å². The van der Waals surface area contributed by atoms with Crippen LogP contribution in [0, 0.1) is 5.82 Å². The Balaban J connectivity index is 1.83. The Morgan fingerprint density at radius 2 is 1.84 bits per heavy atom. The summed E-state index contributed by atoms with van der Waals surface area (Å²) >= 11 is 0. The second-order valence-electron chi connectivity index (χ2n) is 5.93. The number of nitrogens with zero attached hydrogens (tertiary/aromatic N) is 3. The number of pyridine rings is 1. The van der Waals surface area contributed by atoms with Crippen molar-refractivity contribution in [3.05, 3.63) is 47.9 Å². The minimum Gasteiger partial charge on any atom is -0.368 e. The predicted molar refractivity (Wildman–Crippen MR) is 89.1 cm³/mol. The van der Waals surface area contributed by atoms with Gasteiger partial charge in [0.2, 0.25) is 5.91 Å². The van der Waals surface area contributed by atoms with Crippen molar-refractivity contribution in [2.75, 3.05) is 31.1 Å². The van der Waals surface area contributed by atoms with E-state index in [4.69, 9.17) is 0 Å². The molecule has 1 saturated heterocycles. The van der Waals surface area contributed by atoms with Crippen LogP contribution >= 0.6 is 0 Å². The van der Waals surface area contributed by atoms with Crippen molar-refractivity contribution in [1.82, 2.24) is 9.88 Å². The van der Waals surface area contributed by atoms with Gasteiger partial charge < -0.3 is 9.80 Å². The molecule has 2 aromatic rings. The van der Waals surface area contributed by atoms with Crippen molar-refractivity contribution in [3.63, 3.8) is 0 Å². The summed E-state index contributed by atoms with van der Waals surface area (Å²) in [5.74, 6) is -0.865. The molecule has 7 heteroatoms. The number of alkyl halides is 2.